The van der Waals surface area contributed by atoms with E-state index in [0.29, 0.717) is 6.61 Å². The number of aliphatic hydroxyl groups is 1. The fourth-order valence-electron chi connectivity index (χ4n) is 1.65. The van der Waals surface area contributed by atoms with Crippen LogP contribution in [0.4, 0.5) is 0 Å². The molecule has 0 amide bonds. The van der Waals surface area contributed by atoms with Gasteiger partial charge >= 0.3 is 0 Å². The van der Waals surface area contributed by atoms with Crippen LogP contribution in [0.3, 0.4) is 0 Å². The molecule has 0 radical (unpaired) electrons. The summed E-state index contributed by atoms with van der Waals surface area (Å²) in [6, 6.07) is 9.42. The molecule has 17 heavy (non-hydrogen) atoms. The molecule has 0 atom stereocenters. The highest BCUT2D eigenvalue weighted by molar-refractivity contribution is 5.27. The van der Waals surface area contributed by atoms with E-state index in [9.17, 15) is 0 Å². The molecule has 0 aliphatic carbocycles. The van der Waals surface area contributed by atoms with Gasteiger partial charge in [-0.25, -0.2) is 0 Å². The van der Waals surface area contributed by atoms with Crippen LogP contribution in [0, 0.1) is 6.92 Å². The second-order valence-electron chi connectivity index (χ2n) is 3.99. The molecule has 0 fully saturated rings. The fourth-order valence-corrected chi connectivity index (χ4v) is 1.65. The van der Waals surface area contributed by atoms with Gasteiger partial charge in [-0.3, -0.25) is 4.68 Å². The van der Waals surface area contributed by atoms with Gasteiger partial charge in [-0.1, -0.05) is 12.1 Å². The number of rotatable bonds is 4. The molecule has 1 N–H and O–H groups in total. The summed E-state index contributed by atoms with van der Waals surface area (Å²) in [5.74, 6) is 0.793. The van der Waals surface area contributed by atoms with Crippen LogP contribution >= 0.6 is 0 Å². The number of hydrogen-bond donors (Lipinski definition) is 1. The van der Waals surface area contributed by atoms with Crippen LogP contribution < -0.4 is 4.74 Å². The number of aryl methyl sites for hydroxylation is 2. The summed E-state index contributed by atoms with van der Waals surface area (Å²) in [6.45, 7) is 2.51. The Balaban J connectivity index is 1.99. The number of nitrogens with zero attached hydrogens (tertiary/aromatic N) is 2. The quantitative estimate of drug-likeness (QED) is 0.874. The number of aromatic nitrogens is 2. The van der Waals surface area contributed by atoms with E-state index in [1.165, 1.54) is 0 Å². The third kappa shape index (κ3) is 2.85. The van der Waals surface area contributed by atoms with Gasteiger partial charge in [0.05, 0.1) is 18.0 Å². The van der Waals surface area contributed by atoms with Crippen molar-refractivity contribution in [3.05, 3.63) is 47.3 Å². The van der Waals surface area contributed by atoms with Crippen molar-refractivity contribution < 1.29 is 9.84 Å². The zero-order chi connectivity index (χ0) is 12.3. The first-order valence-corrected chi connectivity index (χ1v) is 5.51. The van der Waals surface area contributed by atoms with E-state index in [4.69, 9.17) is 9.84 Å². The van der Waals surface area contributed by atoms with Gasteiger partial charge in [0, 0.05) is 7.05 Å². The first-order valence-electron chi connectivity index (χ1n) is 5.51. The maximum absolute atomic E-state index is 8.92. The Morgan fingerprint density at radius 3 is 2.53 bits per heavy atom. The van der Waals surface area contributed by atoms with E-state index in [2.05, 4.69) is 5.10 Å². The Hall–Kier alpha value is -1.81. The minimum absolute atomic E-state index is 0.0568. The molecule has 0 spiro atoms. The molecule has 1 aromatic carbocycles. The number of benzene rings is 1. The Morgan fingerprint density at radius 2 is 2.00 bits per heavy atom. The van der Waals surface area contributed by atoms with Crippen molar-refractivity contribution in [1.29, 1.82) is 0 Å². The maximum Gasteiger partial charge on any atom is 0.130 e. The van der Waals surface area contributed by atoms with Crippen LogP contribution in [0.2, 0.25) is 0 Å². The average Bonchev–Trinajstić information content (AvgIpc) is 2.66. The zero-order valence-corrected chi connectivity index (χ0v) is 10.1. The van der Waals surface area contributed by atoms with E-state index < -0.39 is 0 Å². The van der Waals surface area contributed by atoms with Crippen molar-refractivity contribution in [3.63, 3.8) is 0 Å². The molecule has 4 heteroatoms. The summed E-state index contributed by atoms with van der Waals surface area (Å²) in [5.41, 5.74) is 2.91. The van der Waals surface area contributed by atoms with Crippen molar-refractivity contribution in [2.24, 2.45) is 7.05 Å². The summed E-state index contributed by atoms with van der Waals surface area (Å²) in [7, 11) is 1.90. The molecular formula is C13H16N2O2. The summed E-state index contributed by atoms with van der Waals surface area (Å²) >= 11 is 0. The highest BCUT2D eigenvalue weighted by atomic mass is 16.5. The lowest BCUT2D eigenvalue weighted by Gasteiger charge is -2.06. The van der Waals surface area contributed by atoms with Crippen LogP contribution in [0.5, 0.6) is 5.75 Å². The third-order valence-corrected chi connectivity index (χ3v) is 2.59. The molecular weight excluding hydrogens is 216 g/mol. The number of hydrogen-bond acceptors (Lipinski definition) is 3. The maximum atomic E-state index is 8.92. The minimum Gasteiger partial charge on any atom is -0.487 e. The lowest BCUT2D eigenvalue weighted by atomic mass is 10.2. The molecule has 0 saturated heterocycles. The van der Waals surface area contributed by atoms with Crippen LogP contribution in [0.25, 0.3) is 0 Å². The Labute approximate surface area is 100 Å². The number of ether oxygens (including phenoxy) is 1. The second-order valence-corrected chi connectivity index (χ2v) is 3.99. The minimum atomic E-state index is 0.0568. The lowest BCUT2D eigenvalue weighted by molar-refractivity contribution is 0.280. The van der Waals surface area contributed by atoms with E-state index in [0.717, 1.165) is 22.7 Å². The smallest absolute Gasteiger partial charge is 0.130 e. The van der Waals surface area contributed by atoms with Crippen LogP contribution in [0.1, 0.15) is 17.0 Å². The average molecular weight is 232 g/mol. The van der Waals surface area contributed by atoms with Crippen molar-refractivity contribution >= 4 is 0 Å². The first kappa shape index (κ1) is 11.7. The number of aliphatic hydroxyl groups excluding tert-OH is 1. The van der Waals surface area contributed by atoms with Crippen LogP contribution in [0.15, 0.2) is 30.3 Å². The van der Waals surface area contributed by atoms with Gasteiger partial charge in [-0.2, -0.15) is 5.10 Å². The third-order valence-electron chi connectivity index (χ3n) is 2.59. The highest BCUT2D eigenvalue weighted by Gasteiger charge is 2.02. The summed E-state index contributed by atoms with van der Waals surface area (Å²) in [5, 5.41) is 13.2. The highest BCUT2D eigenvalue weighted by Crippen LogP contribution is 2.14. The standard InChI is InChI=1S/C13H16N2O2/c1-10-7-12(15(2)14-10)9-17-13-5-3-11(8-16)4-6-13/h3-7,16H,8-9H2,1-2H3. The van der Waals surface area contributed by atoms with Crippen LogP contribution in [-0.2, 0) is 20.3 Å². The van der Waals surface area contributed by atoms with E-state index in [1.54, 1.807) is 0 Å². The molecule has 0 saturated carbocycles. The zero-order valence-electron chi connectivity index (χ0n) is 10.1. The molecule has 2 rings (SSSR count). The Kier molecular flexibility index (Phi) is 3.44. The van der Waals surface area contributed by atoms with Crippen molar-refractivity contribution in [1.82, 2.24) is 9.78 Å². The molecule has 2 aromatic rings. The summed E-state index contributed by atoms with van der Waals surface area (Å²) < 4.78 is 7.46. The Bertz CT molecular complexity index is 489. The van der Waals surface area contributed by atoms with Gasteiger partial charge in [0.25, 0.3) is 0 Å². The predicted molar refractivity (Wildman–Crippen MR) is 64.6 cm³/mol. The molecule has 1 aromatic heterocycles. The summed E-state index contributed by atoms with van der Waals surface area (Å²) in [6.07, 6.45) is 0. The van der Waals surface area contributed by atoms with Gasteiger partial charge in [-0.05, 0) is 30.7 Å². The molecule has 0 aliphatic rings. The molecule has 0 bridgehead atoms. The van der Waals surface area contributed by atoms with E-state index in [1.807, 2.05) is 49.0 Å². The fraction of sp³-hybridized carbons (Fsp3) is 0.308. The predicted octanol–water partition coefficient (Wildman–Crippen LogP) is 1.80. The van der Waals surface area contributed by atoms with Gasteiger partial charge in [0.15, 0.2) is 0 Å². The van der Waals surface area contributed by atoms with E-state index >= 15 is 0 Å². The molecule has 4 nitrogen and oxygen atoms in total. The van der Waals surface area contributed by atoms with Crippen molar-refractivity contribution in [2.75, 3.05) is 0 Å². The molecule has 1 heterocycles. The van der Waals surface area contributed by atoms with Crippen molar-refractivity contribution in [2.45, 2.75) is 20.1 Å². The second kappa shape index (κ2) is 5.01. The van der Waals surface area contributed by atoms with Crippen LogP contribution in [-0.4, -0.2) is 14.9 Å². The topological polar surface area (TPSA) is 47.3 Å². The molecule has 0 unspecified atom stereocenters. The van der Waals surface area contributed by atoms with Gasteiger partial charge in [0.2, 0.25) is 0 Å². The SMILES string of the molecule is Cc1cc(COc2ccc(CO)cc2)n(C)n1. The van der Waals surface area contributed by atoms with Crippen molar-refractivity contribution in [3.8, 4) is 5.75 Å². The van der Waals surface area contributed by atoms with Gasteiger partial charge in [-0.15, -0.1) is 0 Å². The first-order chi connectivity index (χ1) is 8.19. The monoisotopic (exact) mass is 232 g/mol. The normalized spacial score (nSPS) is 10.5. The van der Waals surface area contributed by atoms with E-state index in [-0.39, 0.29) is 6.61 Å². The largest absolute Gasteiger partial charge is 0.487 e. The lowest BCUT2D eigenvalue weighted by Crippen LogP contribution is -2.02. The van der Waals surface area contributed by atoms with Gasteiger partial charge in [0.1, 0.15) is 12.4 Å². The molecule has 90 valence electrons. The summed E-state index contributed by atoms with van der Waals surface area (Å²) in [4.78, 5) is 0. The van der Waals surface area contributed by atoms with Gasteiger partial charge < -0.3 is 9.84 Å². The molecule has 0 aliphatic heterocycles. The Morgan fingerprint density at radius 1 is 1.29 bits per heavy atom.